The summed E-state index contributed by atoms with van der Waals surface area (Å²) in [6.45, 7) is 22.9. The predicted molar refractivity (Wildman–Crippen MR) is 189 cm³/mol. The molecule has 0 spiro atoms. The Morgan fingerprint density at radius 1 is 0.617 bits per heavy atom. The Bertz CT molecular complexity index is 1010. The second-order valence-corrected chi connectivity index (χ2v) is 16.8. The van der Waals surface area contributed by atoms with Crippen molar-refractivity contribution in [3.63, 3.8) is 0 Å². The van der Waals surface area contributed by atoms with Crippen molar-refractivity contribution in [1.29, 1.82) is 0 Å². The molecule has 47 heavy (non-hydrogen) atoms. The van der Waals surface area contributed by atoms with Gasteiger partial charge < -0.3 is 15.2 Å². The monoisotopic (exact) mass is 659 g/mol. The summed E-state index contributed by atoms with van der Waals surface area (Å²) in [5.74, 6) is 0.955. The maximum absolute atomic E-state index is 14.9. The predicted octanol–water partition coefficient (Wildman–Crippen LogP) is 2.40. The van der Waals surface area contributed by atoms with Gasteiger partial charge in [-0.1, -0.05) is 26.7 Å². The summed E-state index contributed by atoms with van der Waals surface area (Å²) in [6.07, 6.45) is 12.5. The van der Waals surface area contributed by atoms with Crippen LogP contribution in [-0.2, 0) is 4.74 Å². The molecule has 7 heterocycles. The van der Waals surface area contributed by atoms with Gasteiger partial charge in [-0.05, 0) is 77.2 Å². The number of hydrogen-bond acceptors (Lipinski definition) is 10. The normalized spacial score (nSPS) is 43.0. The molecule has 10 nitrogen and oxygen atoms in total. The van der Waals surface area contributed by atoms with Crippen LogP contribution in [0.5, 0.6) is 0 Å². The molecule has 0 aromatic carbocycles. The van der Waals surface area contributed by atoms with Gasteiger partial charge in [-0.15, -0.1) is 0 Å². The quantitative estimate of drug-likeness (QED) is 0.445. The van der Waals surface area contributed by atoms with Gasteiger partial charge in [0.1, 0.15) is 0 Å². The second-order valence-electron chi connectivity index (χ2n) is 16.8. The van der Waals surface area contributed by atoms with Crippen LogP contribution in [0.25, 0.3) is 0 Å². The van der Waals surface area contributed by atoms with E-state index in [9.17, 15) is 5.11 Å². The lowest BCUT2D eigenvalue weighted by atomic mass is 9.68. The Morgan fingerprint density at radius 3 is 1.98 bits per heavy atom. The number of hydrogen-bond donors (Lipinski definition) is 2. The summed E-state index contributed by atoms with van der Waals surface area (Å²) in [4.78, 5) is 20.0. The van der Waals surface area contributed by atoms with E-state index in [2.05, 4.69) is 67.4 Å². The number of piperidine rings is 5. The van der Waals surface area contributed by atoms with E-state index in [0.29, 0.717) is 12.0 Å². The molecule has 0 amide bonds. The molecule has 0 aromatic rings. The molecule has 7 aliphatic rings. The highest BCUT2D eigenvalue weighted by Gasteiger charge is 2.80. The highest BCUT2D eigenvalue weighted by atomic mass is 16.5. The molecule has 0 saturated carbocycles. The van der Waals surface area contributed by atoms with Gasteiger partial charge in [0.25, 0.3) is 0 Å². The minimum Gasteiger partial charge on any atom is -0.379 e. The summed E-state index contributed by atoms with van der Waals surface area (Å²) < 4.78 is 5.99. The third-order valence-corrected chi connectivity index (χ3v) is 13.9. The van der Waals surface area contributed by atoms with Crippen LogP contribution in [0, 0.1) is 11.8 Å². The lowest BCUT2D eigenvalue weighted by Gasteiger charge is -2.79. The van der Waals surface area contributed by atoms with Gasteiger partial charge in [0.15, 0.2) is 17.2 Å². The Balaban J connectivity index is 1.55. The van der Waals surface area contributed by atoms with Gasteiger partial charge >= 0.3 is 0 Å². The lowest BCUT2D eigenvalue weighted by molar-refractivity contribution is -0.414. The molecule has 7 saturated heterocycles. The van der Waals surface area contributed by atoms with Crippen molar-refractivity contribution in [3.05, 3.63) is 0 Å². The van der Waals surface area contributed by atoms with Crippen molar-refractivity contribution in [1.82, 2.24) is 39.6 Å². The molecule has 6 unspecified atom stereocenters. The zero-order valence-corrected chi connectivity index (χ0v) is 30.7. The number of rotatable bonds is 6. The molecule has 0 aliphatic carbocycles. The van der Waals surface area contributed by atoms with Crippen LogP contribution in [0.2, 0.25) is 0 Å². The van der Waals surface area contributed by atoms with Gasteiger partial charge in [0.05, 0.1) is 19.3 Å². The first-order valence-corrected chi connectivity index (χ1v) is 20.1. The SMILES string of the molecule is CC1CCN(C2(N3CCCC(C)C3)N(C)CC(N3CCOCC3)C(O)(N3CCNCC3)C2(N2CCCCC2)N2CCCCC2C)CC1. The molecule has 0 radical (unpaired) electrons. The number of nitrogens with one attached hydrogen (secondary N) is 1. The van der Waals surface area contributed by atoms with Crippen molar-refractivity contribution < 1.29 is 9.84 Å². The number of nitrogens with zero attached hydrogens (tertiary/aromatic N) is 7. The zero-order valence-electron chi connectivity index (χ0n) is 30.7. The van der Waals surface area contributed by atoms with E-state index >= 15 is 0 Å². The molecule has 10 heteroatoms. The first-order valence-electron chi connectivity index (χ1n) is 20.1. The Hall–Kier alpha value is -0.400. The topological polar surface area (TPSA) is 64.2 Å². The fraction of sp³-hybridized carbons (Fsp3) is 1.00. The van der Waals surface area contributed by atoms with E-state index in [1.165, 1.54) is 64.2 Å². The van der Waals surface area contributed by atoms with Crippen LogP contribution in [0.15, 0.2) is 0 Å². The number of morpholine rings is 1. The number of aliphatic hydroxyl groups is 1. The van der Waals surface area contributed by atoms with Gasteiger partial charge in [-0.3, -0.25) is 34.3 Å². The summed E-state index contributed by atoms with van der Waals surface area (Å²) in [7, 11) is 2.48. The van der Waals surface area contributed by atoms with Crippen LogP contribution in [0.1, 0.15) is 85.0 Å². The molecule has 6 atom stereocenters. The number of piperazine rings is 1. The lowest BCUT2D eigenvalue weighted by Crippen LogP contribution is -3.01. The maximum atomic E-state index is 14.9. The zero-order chi connectivity index (χ0) is 32.6. The first-order chi connectivity index (χ1) is 22.8. The van der Waals surface area contributed by atoms with Crippen LogP contribution in [-0.4, -0.2) is 181 Å². The molecule has 0 aromatic heterocycles. The summed E-state index contributed by atoms with van der Waals surface area (Å²) in [6, 6.07) is 0.395. The molecule has 7 aliphatic heterocycles. The Labute approximate surface area is 287 Å². The average Bonchev–Trinajstić information content (AvgIpc) is 3.11. The largest absolute Gasteiger partial charge is 0.379 e. The molecule has 2 N–H and O–H groups in total. The van der Waals surface area contributed by atoms with Crippen molar-refractivity contribution >= 4 is 0 Å². The summed E-state index contributed by atoms with van der Waals surface area (Å²) >= 11 is 0. The summed E-state index contributed by atoms with van der Waals surface area (Å²) in [5, 5.41) is 18.6. The van der Waals surface area contributed by atoms with Crippen molar-refractivity contribution in [3.8, 4) is 0 Å². The van der Waals surface area contributed by atoms with Gasteiger partial charge in [-0.2, -0.15) is 0 Å². The van der Waals surface area contributed by atoms with Crippen molar-refractivity contribution in [2.24, 2.45) is 11.8 Å². The smallest absolute Gasteiger partial charge is 0.172 e. The fourth-order valence-corrected chi connectivity index (χ4v) is 11.7. The van der Waals surface area contributed by atoms with Crippen molar-refractivity contribution in [2.45, 2.75) is 114 Å². The Morgan fingerprint density at radius 2 is 1.30 bits per heavy atom. The minimum absolute atomic E-state index is 0.00962. The molecular weight excluding hydrogens is 588 g/mol. The van der Waals surface area contributed by atoms with Gasteiger partial charge in [0, 0.05) is 97.7 Å². The standard InChI is InChI=1S/C37H70N8O2/c1-31-13-21-43(22-14-31)37(44-19-10-11-32(2)29-44)36(42-17-7-5-8-18-42,45-20-9-6-12-33(45)3)35(46,41-23-15-38-16-24-41)34(30-39(37)4)40-25-27-47-28-26-40/h31-34,38,46H,5-30H2,1-4H3. The van der Waals surface area contributed by atoms with Crippen molar-refractivity contribution in [2.75, 3.05) is 112 Å². The van der Waals surface area contributed by atoms with E-state index in [4.69, 9.17) is 4.74 Å². The molecular formula is C37H70N8O2. The molecule has 7 fully saturated rings. The summed E-state index contributed by atoms with van der Waals surface area (Å²) in [5.41, 5.74) is -1.71. The average molecular weight is 659 g/mol. The van der Waals surface area contributed by atoms with Gasteiger partial charge in [0.2, 0.25) is 0 Å². The Kier molecular flexibility index (Phi) is 10.9. The van der Waals surface area contributed by atoms with E-state index in [1.807, 2.05) is 0 Å². The number of likely N-dealkylation sites (N-methyl/N-ethyl adjacent to an activating group) is 1. The third-order valence-electron chi connectivity index (χ3n) is 13.9. The molecule has 7 rings (SSSR count). The highest BCUT2D eigenvalue weighted by Crippen LogP contribution is 2.57. The third kappa shape index (κ3) is 5.77. The maximum Gasteiger partial charge on any atom is 0.172 e. The first kappa shape index (κ1) is 35.0. The minimum atomic E-state index is -1.08. The fourth-order valence-electron chi connectivity index (χ4n) is 11.7. The van der Waals surface area contributed by atoms with E-state index in [0.717, 1.165) is 111 Å². The van der Waals surface area contributed by atoms with E-state index < -0.39 is 17.2 Å². The van der Waals surface area contributed by atoms with E-state index in [1.54, 1.807) is 0 Å². The van der Waals surface area contributed by atoms with Crippen LogP contribution < -0.4 is 5.32 Å². The molecule has 270 valence electrons. The van der Waals surface area contributed by atoms with Crippen LogP contribution in [0.4, 0.5) is 0 Å². The van der Waals surface area contributed by atoms with Crippen LogP contribution in [0.3, 0.4) is 0 Å². The van der Waals surface area contributed by atoms with Crippen LogP contribution >= 0.6 is 0 Å². The van der Waals surface area contributed by atoms with E-state index in [-0.39, 0.29) is 6.04 Å². The second kappa shape index (κ2) is 14.7. The molecule has 0 bridgehead atoms. The number of ether oxygens (including phenoxy) is 1. The van der Waals surface area contributed by atoms with Gasteiger partial charge in [-0.25, -0.2) is 0 Å². The number of likely N-dealkylation sites (tertiary alicyclic amines) is 5. The highest BCUT2D eigenvalue weighted by molar-refractivity contribution is 5.28.